The SMILES string of the molecule is C.C#CCn1cc([C@@H]2O[C@H](CC)[C@H](C)C2O[Si](C)(C)C(C)(C)C)c(=O)[nH]c1=O.C#CCn1cc([C@@H]2O[C@H](CO)[C@H](O)C2O)c(=O)[nH]c1=O.CC[C@H]1O[C@@H](c2c[nH]c(=O)[nH]c2=O)C(O[Si](C)(C)C(C)(C)C)[C@H]1C.O=c1[nH]cc([C@@H]2O[C@H](CO)[C@H](O)C2O)c(=O)[nH]1.[2H]CF. The Morgan fingerprint density at radius 1 is 0.560 bits per heavy atom. The average molecular weight is 1320 g/mol. The van der Waals surface area contributed by atoms with Crippen molar-refractivity contribution in [1.29, 1.82) is 0 Å². The van der Waals surface area contributed by atoms with Crippen LogP contribution in [0.25, 0.3) is 0 Å². The molecule has 510 valence electrons. The van der Waals surface area contributed by atoms with Crippen molar-refractivity contribution in [2.24, 2.45) is 11.8 Å². The van der Waals surface area contributed by atoms with Gasteiger partial charge in [0, 0.05) is 36.6 Å². The first-order chi connectivity index (χ1) is 42.3. The number of nitrogens with zero attached hydrogens (tertiary/aromatic N) is 2. The van der Waals surface area contributed by atoms with Crippen LogP contribution in [0.1, 0.15) is 138 Å². The van der Waals surface area contributed by atoms with Gasteiger partial charge in [-0.2, -0.15) is 0 Å². The van der Waals surface area contributed by atoms with Gasteiger partial charge in [-0.15, -0.1) is 12.8 Å². The summed E-state index contributed by atoms with van der Waals surface area (Å²) in [6, 6.07) is 0. The Kier molecular flexibility index (Phi) is 28.0. The summed E-state index contributed by atoms with van der Waals surface area (Å²) in [6.45, 7) is 29.4. The lowest BCUT2D eigenvalue weighted by Gasteiger charge is -2.40. The first kappa shape index (κ1) is 77.2. The summed E-state index contributed by atoms with van der Waals surface area (Å²) in [7, 11) is -5.10. The monoisotopic (exact) mass is 1320 g/mol. The van der Waals surface area contributed by atoms with Crippen LogP contribution in [0.4, 0.5) is 4.39 Å². The van der Waals surface area contributed by atoms with Gasteiger partial charge < -0.3 is 68.4 Å². The van der Waals surface area contributed by atoms with Crippen molar-refractivity contribution in [2.45, 2.75) is 224 Å². The van der Waals surface area contributed by atoms with E-state index in [-0.39, 0.29) is 78.0 Å². The van der Waals surface area contributed by atoms with Gasteiger partial charge >= 0.3 is 22.8 Å². The van der Waals surface area contributed by atoms with E-state index in [0.29, 0.717) is 11.1 Å². The molecule has 8 rings (SSSR count). The van der Waals surface area contributed by atoms with E-state index in [9.17, 15) is 63.2 Å². The number of aromatic nitrogens is 8. The van der Waals surface area contributed by atoms with Gasteiger partial charge in [-0.25, -0.2) is 19.2 Å². The molecule has 0 bridgehead atoms. The number of H-pyrrole nitrogens is 6. The topological polar surface area (TPSA) is 418 Å². The van der Waals surface area contributed by atoms with Crippen LogP contribution < -0.4 is 45.0 Å². The van der Waals surface area contributed by atoms with Gasteiger partial charge in [0.1, 0.15) is 61.0 Å². The number of nitrogens with one attached hydrogen (secondary N) is 6. The van der Waals surface area contributed by atoms with E-state index >= 15 is 0 Å². The van der Waals surface area contributed by atoms with E-state index in [4.69, 9.17) is 52.2 Å². The third-order valence-corrected chi connectivity index (χ3v) is 26.3. The van der Waals surface area contributed by atoms with Gasteiger partial charge in [0.15, 0.2) is 16.6 Å². The van der Waals surface area contributed by atoms with Crippen LogP contribution in [0.5, 0.6) is 0 Å². The standard InChI is InChI=1S/C20H32N2O4Si.C17H30N2O4Si.C12H14N2O6.C9H12N2O6.CH3F.CH4/c1-9-11-22-12-14(18(23)21-19(22)24)17-16(13(3)15(10-2)25-17)26-27(7,8)20(4,5)6;1-8-12-10(2)13(23-24(6,7)17(3,4)5)14(22-12)11-9-18-16(21)19-15(11)20;1-2-3-14-4-6(11(18)13-12(14)19)10-9(17)8(16)7(5-15)20-10;12-2-4-5(13)6(14)7(17-4)3-1-10-9(16)11-8(3)15;1-2;/h1,12-13,15-17H,10-11H2,2-8H3,(H,21,23,24);9-10,12-14H,8H2,1-7H3,(H2,18,19,20,21);1,4,7-10,15-17H,3,5H2,(H,13,18,19);1,4-7,12-14H,2H2,(H2,10,11,15,16);1H3;1H4/t13-,15+,16?,17-;10-,12+,13?,14-;7-,8+,9?,10+;4-,5+,6?,7+;;/m0011../s1/i;;;;1D;. The molecule has 28 nitrogen and oxygen atoms in total. The molecule has 4 fully saturated rings. The molecule has 0 saturated carbocycles. The van der Waals surface area contributed by atoms with E-state index in [0.717, 1.165) is 23.6 Å². The van der Waals surface area contributed by atoms with E-state index in [2.05, 4.69) is 132 Å². The molecule has 4 aromatic rings. The second kappa shape index (κ2) is 33.0. The Labute approximate surface area is 529 Å². The lowest BCUT2D eigenvalue weighted by molar-refractivity contribution is -0.0233. The number of rotatable bonds is 14. The van der Waals surface area contributed by atoms with E-state index < -0.39 is 143 Å². The third kappa shape index (κ3) is 18.5. The second-order valence-corrected chi connectivity index (χ2v) is 34.8. The zero-order valence-corrected chi connectivity index (χ0v) is 55.3. The lowest BCUT2D eigenvalue weighted by Crippen LogP contribution is -2.46. The van der Waals surface area contributed by atoms with E-state index in [1.807, 2.05) is 4.98 Å². The molecule has 8 heterocycles. The fourth-order valence-corrected chi connectivity index (χ4v) is 12.8. The van der Waals surface area contributed by atoms with E-state index in [1.165, 1.54) is 23.2 Å². The normalized spacial score (nSPS) is 28.0. The molecular formula is C60H95FN8O20Si2. The highest BCUT2D eigenvalue weighted by molar-refractivity contribution is 6.74. The van der Waals surface area contributed by atoms with Crippen LogP contribution in [0.2, 0.25) is 36.3 Å². The molecule has 4 aliphatic rings. The smallest absolute Gasteiger partial charge is 0.329 e. The van der Waals surface area contributed by atoms with Crippen LogP contribution in [-0.2, 0) is 40.9 Å². The van der Waals surface area contributed by atoms with Crippen molar-refractivity contribution in [3.8, 4) is 24.7 Å². The maximum Gasteiger partial charge on any atom is 0.329 e. The number of terminal acetylenes is 2. The molecule has 0 spiro atoms. The predicted molar refractivity (Wildman–Crippen MR) is 341 cm³/mol. The number of halogens is 1. The highest BCUT2D eigenvalue weighted by Gasteiger charge is 2.51. The summed E-state index contributed by atoms with van der Waals surface area (Å²) in [5.74, 6) is 5.01. The Morgan fingerprint density at radius 2 is 0.857 bits per heavy atom. The molecular weight excluding hydrogens is 1230 g/mol. The average Bonchev–Trinajstić information content (AvgIpc) is 1.60. The number of aliphatic hydroxyl groups is 6. The minimum atomic E-state index is -2.08. The first-order valence-corrected chi connectivity index (χ1v) is 35.1. The summed E-state index contributed by atoms with van der Waals surface area (Å²) < 4.78 is 54.0. The molecule has 4 aliphatic heterocycles. The van der Waals surface area contributed by atoms with Crippen LogP contribution in [0.15, 0.2) is 63.1 Å². The van der Waals surface area contributed by atoms with Crippen molar-refractivity contribution in [2.75, 3.05) is 20.4 Å². The van der Waals surface area contributed by atoms with Crippen LogP contribution >= 0.6 is 0 Å². The molecule has 4 saturated heterocycles. The van der Waals surface area contributed by atoms with Crippen molar-refractivity contribution >= 4 is 16.6 Å². The zero-order valence-electron chi connectivity index (χ0n) is 54.3. The highest BCUT2D eigenvalue weighted by atomic mass is 28.4. The maximum atomic E-state index is 12.5. The quantitative estimate of drug-likeness (QED) is 0.0632. The first-order valence-electron chi connectivity index (χ1n) is 30.0. The lowest BCUT2D eigenvalue weighted by atomic mass is 9.95. The fraction of sp³-hybridized carbons (Fsp3) is 0.667. The molecule has 4 unspecified atom stereocenters. The summed E-state index contributed by atoms with van der Waals surface area (Å²) in [5, 5.41) is 56.7. The second-order valence-electron chi connectivity index (χ2n) is 25.3. The molecule has 0 aliphatic carbocycles. The predicted octanol–water partition coefficient (Wildman–Crippen LogP) is 1.75. The minimum Gasteiger partial charge on any atom is -0.411 e. The van der Waals surface area contributed by atoms with Gasteiger partial charge in [-0.3, -0.25) is 52.6 Å². The zero-order chi connectivity index (χ0) is 69.0. The molecule has 16 atom stereocenters. The number of alkyl halides is 1. The van der Waals surface area contributed by atoms with Crippen molar-refractivity contribution < 1.29 is 64.2 Å². The molecule has 12 N–H and O–H groups in total. The Balaban J connectivity index is 0.000000318. The largest absolute Gasteiger partial charge is 0.411 e. The van der Waals surface area contributed by atoms with Crippen molar-refractivity contribution in [1.82, 2.24) is 39.0 Å². The minimum absolute atomic E-state index is 0. The summed E-state index contributed by atoms with van der Waals surface area (Å²) in [4.78, 5) is 107. The Morgan fingerprint density at radius 3 is 1.15 bits per heavy atom. The molecule has 0 aromatic carbocycles. The number of ether oxygens (including phenoxy) is 4. The number of hydrogen-bond acceptors (Lipinski definition) is 20. The molecule has 4 aromatic heterocycles. The Hall–Kier alpha value is -6.28. The van der Waals surface area contributed by atoms with Gasteiger partial charge in [0.05, 0.1) is 81.5 Å². The Bertz CT molecular complexity index is 3630. The summed E-state index contributed by atoms with van der Waals surface area (Å²) >= 11 is 0. The fourth-order valence-electron chi connectivity index (χ4n) is 10.0. The number of aromatic amines is 6. The van der Waals surface area contributed by atoms with Crippen molar-refractivity contribution in [3.05, 3.63) is 130 Å². The summed E-state index contributed by atoms with van der Waals surface area (Å²) in [6.07, 6.45) is 6.54. The number of aliphatic hydroxyl groups excluding tert-OH is 6. The maximum absolute atomic E-state index is 12.5. The van der Waals surface area contributed by atoms with Gasteiger partial charge in [0.25, 0.3) is 22.2 Å². The number of hydrogen-bond donors (Lipinski definition) is 12. The third-order valence-electron chi connectivity index (χ3n) is 17.3. The molecule has 91 heavy (non-hydrogen) atoms. The highest BCUT2D eigenvalue weighted by Crippen LogP contribution is 2.47. The summed E-state index contributed by atoms with van der Waals surface area (Å²) in [5.41, 5.74) is -3.88. The van der Waals surface area contributed by atoms with E-state index in [1.54, 1.807) is 0 Å². The van der Waals surface area contributed by atoms with Gasteiger partial charge in [-0.05, 0) is 49.1 Å². The van der Waals surface area contributed by atoms with Crippen molar-refractivity contribution in [3.63, 3.8) is 0 Å². The van der Waals surface area contributed by atoms with Gasteiger partial charge in [0.2, 0.25) is 0 Å². The molecule has 0 amide bonds. The molecule has 0 radical (unpaired) electrons. The van der Waals surface area contributed by atoms with Crippen LogP contribution in [-0.4, -0.2) is 168 Å². The van der Waals surface area contributed by atoms with Crippen LogP contribution in [0, 0.1) is 36.5 Å². The molecule has 31 heteroatoms. The van der Waals surface area contributed by atoms with Gasteiger partial charge in [-0.1, -0.05) is 88.5 Å². The van der Waals surface area contributed by atoms with Crippen LogP contribution in [0.3, 0.4) is 0 Å².